The first-order valence-corrected chi connectivity index (χ1v) is 10.9. The molecule has 0 aliphatic carbocycles. The summed E-state index contributed by atoms with van der Waals surface area (Å²) < 4.78 is 24.6. The smallest absolute Gasteiger partial charge is 0.305 e. The summed E-state index contributed by atoms with van der Waals surface area (Å²) in [5.74, 6) is 6.79. The fourth-order valence-corrected chi connectivity index (χ4v) is 2.64. The molecular weight excluding hydrogens is 416 g/mol. The van der Waals surface area contributed by atoms with Crippen LogP contribution in [0, 0.1) is 11.8 Å². The Kier molecular flexibility index (Phi) is 17.7. The van der Waals surface area contributed by atoms with Crippen LogP contribution in [0.4, 0.5) is 0 Å². The summed E-state index contributed by atoms with van der Waals surface area (Å²) in [5, 5.41) is 9.54. The number of furan rings is 1. The number of ether oxygens (including phenoxy) is 4. The predicted octanol–water partition coefficient (Wildman–Crippen LogP) is 3.68. The van der Waals surface area contributed by atoms with E-state index in [1.165, 1.54) is 14.2 Å². The number of esters is 2. The van der Waals surface area contributed by atoms with Crippen molar-refractivity contribution in [3.8, 4) is 17.6 Å². The molecule has 8 nitrogen and oxygen atoms in total. The third-order valence-corrected chi connectivity index (χ3v) is 4.39. The normalized spacial score (nSPS) is 11.8. The molecule has 1 rings (SSSR count). The van der Waals surface area contributed by atoms with E-state index in [0.717, 1.165) is 37.2 Å². The molecule has 0 spiro atoms. The van der Waals surface area contributed by atoms with Crippen molar-refractivity contribution < 1.29 is 38.1 Å². The van der Waals surface area contributed by atoms with Gasteiger partial charge >= 0.3 is 11.9 Å². The largest absolute Gasteiger partial charge is 0.493 e. The maximum Gasteiger partial charge on any atom is 0.305 e. The molecule has 1 aromatic rings. The lowest BCUT2D eigenvalue weighted by Crippen LogP contribution is -2.08. The number of aliphatic hydroxyl groups excluding tert-OH is 1. The van der Waals surface area contributed by atoms with Crippen LogP contribution < -0.4 is 4.74 Å². The SMILES string of the molecule is CCOC(C)C#CC(O)CCCCC(=O)OC.COC(=O)CCCCc1occc1OC. The maximum absolute atomic E-state index is 10.8. The van der Waals surface area contributed by atoms with Gasteiger partial charge in [0.05, 0.1) is 27.6 Å². The second-order valence-electron chi connectivity index (χ2n) is 6.92. The summed E-state index contributed by atoms with van der Waals surface area (Å²) in [6.45, 7) is 4.37. The van der Waals surface area contributed by atoms with Crippen LogP contribution in [0.2, 0.25) is 0 Å². The Balaban J connectivity index is 0.000000604. The molecule has 0 bridgehead atoms. The van der Waals surface area contributed by atoms with Crippen LogP contribution in [-0.2, 0) is 30.2 Å². The van der Waals surface area contributed by atoms with Gasteiger partial charge in [-0.05, 0) is 46.0 Å². The monoisotopic (exact) mass is 454 g/mol. The lowest BCUT2D eigenvalue weighted by Gasteiger charge is -2.05. The Bertz CT molecular complexity index is 686. The number of unbranched alkanes of at least 4 members (excludes halogenated alkanes) is 2. The van der Waals surface area contributed by atoms with Crippen LogP contribution in [0.25, 0.3) is 0 Å². The first-order chi connectivity index (χ1) is 15.4. The molecule has 1 heterocycles. The van der Waals surface area contributed by atoms with Crippen molar-refractivity contribution in [2.24, 2.45) is 0 Å². The average molecular weight is 455 g/mol. The molecule has 2 unspecified atom stereocenters. The highest BCUT2D eigenvalue weighted by Crippen LogP contribution is 2.21. The fraction of sp³-hybridized carbons (Fsp3) is 0.667. The topological polar surface area (TPSA) is 104 Å². The second kappa shape index (κ2) is 19.2. The van der Waals surface area contributed by atoms with Crippen LogP contribution in [0.3, 0.4) is 0 Å². The van der Waals surface area contributed by atoms with E-state index < -0.39 is 6.10 Å². The number of aryl methyl sites for hydroxylation is 1. The number of aliphatic hydroxyl groups is 1. The molecule has 0 saturated carbocycles. The molecule has 0 radical (unpaired) electrons. The zero-order chi connectivity index (χ0) is 24.2. The zero-order valence-corrected chi connectivity index (χ0v) is 20.0. The lowest BCUT2D eigenvalue weighted by molar-refractivity contribution is -0.141. The molecule has 1 aromatic heterocycles. The molecule has 0 amide bonds. The fourth-order valence-electron chi connectivity index (χ4n) is 2.64. The van der Waals surface area contributed by atoms with Crippen molar-refractivity contribution in [1.29, 1.82) is 0 Å². The third kappa shape index (κ3) is 15.3. The molecule has 1 N–H and O–H groups in total. The Hall–Kier alpha value is -2.50. The van der Waals surface area contributed by atoms with Crippen molar-refractivity contribution in [2.45, 2.75) is 77.4 Å². The van der Waals surface area contributed by atoms with E-state index in [0.29, 0.717) is 32.3 Å². The molecule has 8 heteroatoms. The molecule has 182 valence electrons. The predicted molar refractivity (Wildman–Crippen MR) is 120 cm³/mol. The number of hydrogen-bond acceptors (Lipinski definition) is 8. The summed E-state index contributed by atoms with van der Waals surface area (Å²) in [6, 6.07) is 1.79. The highest BCUT2D eigenvalue weighted by molar-refractivity contribution is 5.69. The Morgan fingerprint density at radius 1 is 1.03 bits per heavy atom. The van der Waals surface area contributed by atoms with Crippen molar-refractivity contribution >= 4 is 11.9 Å². The highest BCUT2D eigenvalue weighted by atomic mass is 16.5. The van der Waals surface area contributed by atoms with Gasteiger partial charge in [0.15, 0.2) is 5.75 Å². The van der Waals surface area contributed by atoms with Crippen molar-refractivity contribution in [3.63, 3.8) is 0 Å². The van der Waals surface area contributed by atoms with Gasteiger partial charge < -0.3 is 28.5 Å². The number of hydrogen-bond donors (Lipinski definition) is 1. The minimum Gasteiger partial charge on any atom is -0.493 e. The van der Waals surface area contributed by atoms with Crippen LogP contribution >= 0.6 is 0 Å². The molecule has 0 aliphatic rings. The van der Waals surface area contributed by atoms with Gasteiger partial charge in [-0.2, -0.15) is 0 Å². The van der Waals surface area contributed by atoms with Gasteiger partial charge in [0.2, 0.25) is 0 Å². The minimum atomic E-state index is -0.643. The summed E-state index contributed by atoms with van der Waals surface area (Å²) in [7, 11) is 4.39. The summed E-state index contributed by atoms with van der Waals surface area (Å²) in [6.07, 6.45) is 6.19. The highest BCUT2D eigenvalue weighted by Gasteiger charge is 2.07. The number of carbonyl (C=O) groups is 2. The summed E-state index contributed by atoms with van der Waals surface area (Å²) >= 11 is 0. The molecule has 0 aliphatic heterocycles. The van der Waals surface area contributed by atoms with E-state index in [2.05, 4.69) is 21.3 Å². The molecule has 32 heavy (non-hydrogen) atoms. The Morgan fingerprint density at radius 2 is 1.66 bits per heavy atom. The van der Waals surface area contributed by atoms with E-state index in [1.807, 2.05) is 13.8 Å². The van der Waals surface area contributed by atoms with Gasteiger partial charge in [-0.1, -0.05) is 11.8 Å². The molecular formula is C24H38O8. The van der Waals surface area contributed by atoms with Crippen LogP contribution in [0.1, 0.15) is 64.6 Å². The lowest BCUT2D eigenvalue weighted by atomic mass is 10.1. The Labute approximate surface area is 191 Å². The van der Waals surface area contributed by atoms with Crippen molar-refractivity contribution in [1.82, 2.24) is 0 Å². The molecule has 2 atom stereocenters. The average Bonchev–Trinajstić information content (AvgIpc) is 3.26. The van der Waals surface area contributed by atoms with Gasteiger partial charge in [-0.3, -0.25) is 9.59 Å². The summed E-state index contributed by atoms with van der Waals surface area (Å²) in [5.41, 5.74) is 0. The van der Waals surface area contributed by atoms with Gasteiger partial charge in [0, 0.05) is 31.9 Å². The third-order valence-electron chi connectivity index (χ3n) is 4.39. The number of carbonyl (C=O) groups excluding carboxylic acids is 2. The first-order valence-electron chi connectivity index (χ1n) is 10.9. The molecule has 0 aromatic carbocycles. The van der Waals surface area contributed by atoms with Gasteiger partial charge in [-0.25, -0.2) is 0 Å². The van der Waals surface area contributed by atoms with E-state index in [9.17, 15) is 14.7 Å². The zero-order valence-electron chi connectivity index (χ0n) is 20.0. The summed E-state index contributed by atoms with van der Waals surface area (Å²) in [4.78, 5) is 21.6. The van der Waals surface area contributed by atoms with E-state index in [1.54, 1.807) is 19.4 Å². The van der Waals surface area contributed by atoms with Crippen molar-refractivity contribution in [2.75, 3.05) is 27.9 Å². The van der Waals surface area contributed by atoms with Gasteiger partial charge in [0.25, 0.3) is 0 Å². The Morgan fingerprint density at radius 3 is 2.22 bits per heavy atom. The van der Waals surface area contributed by atoms with E-state index in [4.69, 9.17) is 13.9 Å². The quantitative estimate of drug-likeness (QED) is 0.273. The van der Waals surface area contributed by atoms with Gasteiger partial charge in [-0.15, -0.1) is 0 Å². The van der Waals surface area contributed by atoms with Crippen LogP contribution in [-0.4, -0.2) is 57.2 Å². The van der Waals surface area contributed by atoms with Crippen LogP contribution in [0.15, 0.2) is 16.7 Å². The number of methoxy groups -OCH3 is 3. The maximum atomic E-state index is 10.8. The first kappa shape index (κ1) is 29.5. The van der Waals surface area contributed by atoms with E-state index in [-0.39, 0.29) is 18.0 Å². The van der Waals surface area contributed by atoms with Gasteiger partial charge in [0.1, 0.15) is 18.0 Å². The van der Waals surface area contributed by atoms with E-state index >= 15 is 0 Å². The van der Waals surface area contributed by atoms with Crippen LogP contribution in [0.5, 0.6) is 5.75 Å². The molecule has 0 saturated heterocycles. The second-order valence-corrected chi connectivity index (χ2v) is 6.92. The molecule has 0 fully saturated rings. The minimum absolute atomic E-state index is 0.148. The standard InChI is InChI=1S/C13H22O4.C11H16O4/c1-4-17-11(2)9-10-12(14)7-5-6-8-13(15)16-3;1-13-9-7-8-15-10(9)5-3-4-6-11(12)14-2/h11-12,14H,4-8H2,1-3H3;7-8H,3-6H2,1-2H3. The number of rotatable bonds is 13. The van der Waals surface area contributed by atoms with Crippen molar-refractivity contribution in [3.05, 3.63) is 18.1 Å².